The summed E-state index contributed by atoms with van der Waals surface area (Å²) in [4.78, 5) is 13.9. The highest BCUT2D eigenvalue weighted by molar-refractivity contribution is 9.10. The number of nitrogens with zero attached hydrogens (tertiary/aromatic N) is 1. The normalized spacial score (nSPS) is 9.88. The summed E-state index contributed by atoms with van der Waals surface area (Å²) in [5.41, 5.74) is 1.96. The van der Waals surface area contributed by atoms with Crippen molar-refractivity contribution in [3.05, 3.63) is 40.4 Å². The van der Waals surface area contributed by atoms with Crippen molar-refractivity contribution >= 4 is 27.5 Å². The molecular weight excluding hydrogens is 278 g/mol. The van der Waals surface area contributed by atoms with Gasteiger partial charge in [-0.3, -0.25) is 4.79 Å². The SMILES string of the molecule is CCCN(C(=O)C=C(C)C)c1ccc(Br)cc1. The molecule has 0 saturated heterocycles. The Morgan fingerprint density at radius 1 is 1.29 bits per heavy atom. The molecule has 0 aliphatic heterocycles. The summed E-state index contributed by atoms with van der Waals surface area (Å²) < 4.78 is 1.02. The van der Waals surface area contributed by atoms with Gasteiger partial charge in [0.1, 0.15) is 0 Å². The molecule has 1 rings (SSSR count). The molecule has 0 aliphatic rings. The first-order valence-corrected chi connectivity index (χ1v) is 6.56. The summed E-state index contributed by atoms with van der Waals surface area (Å²) >= 11 is 3.40. The van der Waals surface area contributed by atoms with Crippen molar-refractivity contribution in [3.8, 4) is 0 Å². The van der Waals surface area contributed by atoms with E-state index in [1.807, 2.05) is 38.1 Å². The van der Waals surface area contributed by atoms with Gasteiger partial charge in [0, 0.05) is 22.8 Å². The van der Waals surface area contributed by atoms with E-state index < -0.39 is 0 Å². The number of carbonyl (C=O) groups excluding carboxylic acids is 1. The first kappa shape index (κ1) is 14.0. The zero-order valence-corrected chi connectivity index (χ0v) is 12.1. The molecule has 0 spiro atoms. The minimum atomic E-state index is 0.0502. The van der Waals surface area contributed by atoms with Crippen LogP contribution in [-0.4, -0.2) is 12.5 Å². The summed E-state index contributed by atoms with van der Waals surface area (Å²) in [7, 11) is 0. The molecule has 0 fully saturated rings. The molecule has 0 heterocycles. The number of rotatable bonds is 4. The first-order chi connectivity index (χ1) is 8.04. The third-order valence-electron chi connectivity index (χ3n) is 2.26. The van der Waals surface area contributed by atoms with E-state index in [4.69, 9.17) is 0 Å². The van der Waals surface area contributed by atoms with Crippen LogP contribution in [-0.2, 0) is 4.79 Å². The summed E-state index contributed by atoms with van der Waals surface area (Å²) in [6.45, 7) is 6.68. The number of carbonyl (C=O) groups is 1. The van der Waals surface area contributed by atoms with E-state index in [-0.39, 0.29) is 5.91 Å². The van der Waals surface area contributed by atoms with Crippen molar-refractivity contribution in [2.75, 3.05) is 11.4 Å². The Morgan fingerprint density at radius 3 is 2.35 bits per heavy atom. The van der Waals surface area contributed by atoms with Gasteiger partial charge in [0.05, 0.1) is 0 Å². The number of allylic oxidation sites excluding steroid dienone is 1. The van der Waals surface area contributed by atoms with Crippen LogP contribution in [0, 0.1) is 0 Å². The fourth-order valence-electron chi connectivity index (χ4n) is 1.54. The van der Waals surface area contributed by atoms with Gasteiger partial charge < -0.3 is 4.90 Å². The van der Waals surface area contributed by atoms with E-state index >= 15 is 0 Å². The maximum atomic E-state index is 12.1. The molecule has 3 heteroatoms. The molecule has 92 valence electrons. The van der Waals surface area contributed by atoms with Gasteiger partial charge in [0.25, 0.3) is 5.91 Å². The second kappa shape index (κ2) is 6.60. The predicted molar refractivity (Wildman–Crippen MR) is 76.2 cm³/mol. The monoisotopic (exact) mass is 295 g/mol. The summed E-state index contributed by atoms with van der Waals surface area (Å²) in [6.07, 6.45) is 2.62. The van der Waals surface area contributed by atoms with Crippen LogP contribution < -0.4 is 4.90 Å². The standard InChI is InChI=1S/C14H18BrNO/c1-4-9-16(14(17)10-11(2)3)13-7-5-12(15)6-8-13/h5-8,10H,4,9H2,1-3H3. The van der Waals surface area contributed by atoms with Crippen molar-refractivity contribution in [1.82, 2.24) is 0 Å². The van der Waals surface area contributed by atoms with E-state index in [1.54, 1.807) is 11.0 Å². The Balaban J connectivity index is 2.96. The Bertz CT molecular complexity index is 405. The molecule has 0 radical (unpaired) electrons. The van der Waals surface area contributed by atoms with Gasteiger partial charge in [-0.1, -0.05) is 28.4 Å². The lowest BCUT2D eigenvalue weighted by molar-refractivity contribution is -0.114. The Hall–Kier alpha value is -1.09. The molecule has 0 bridgehead atoms. The van der Waals surface area contributed by atoms with E-state index in [0.29, 0.717) is 0 Å². The van der Waals surface area contributed by atoms with Crippen molar-refractivity contribution in [1.29, 1.82) is 0 Å². The minimum Gasteiger partial charge on any atom is -0.309 e. The zero-order chi connectivity index (χ0) is 12.8. The second-order valence-electron chi connectivity index (χ2n) is 4.19. The molecule has 0 atom stereocenters. The lowest BCUT2D eigenvalue weighted by Crippen LogP contribution is -2.30. The van der Waals surface area contributed by atoms with Crippen molar-refractivity contribution in [2.45, 2.75) is 27.2 Å². The highest BCUT2D eigenvalue weighted by Crippen LogP contribution is 2.19. The van der Waals surface area contributed by atoms with Crippen LogP contribution in [0.1, 0.15) is 27.2 Å². The molecule has 0 aliphatic carbocycles. The smallest absolute Gasteiger partial charge is 0.250 e. The van der Waals surface area contributed by atoms with E-state index in [2.05, 4.69) is 22.9 Å². The molecule has 0 N–H and O–H groups in total. The topological polar surface area (TPSA) is 20.3 Å². The number of hydrogen-bond acceptors (Lipinski definition) is 1. The third-order valence-corrected chi connectivity index (χ3v) is 2.79. The molecule has 17 heavy (non-hydrogen) atoms. The van der Waals surface area contributed by atoms with Crippen LogP contribution in [0.5, 0.6) is 0 Å². The van der Waals surface area contributed by atoms with Crippen molar-refractivity contribution in [3.63, 3.8) is 0 Å². The molecular formula is C14H18BrNO. The fourth-order valence-corrected chi connectivity index (χ4v) is 1.80. The highest BCUT2D eigenvalue weighted by atomic mass is 79.9. The molecule has 0 unspecified atom stereocenters. The number of hydrogen-bond donors (Lipinski definition) is 0. The molecule has 1 aromatic rings. The highest BCUT2D eigenvalue weighted by Gasteiger charge is 2.12. The van der Waals surface area contributed by atoms with Crippen LogP contribution in [0.2, 0.25) is 0 Å². The fraction of sp³-hybridized carbons (Fsp3) is 0.357. The van der Waals surface area contributed by atoms with Gasteiger partial charge in [-0.05, 0) is 44.5 Å². The lowest BCUT2D eigenvalue weighted by Gasteiger charge is -2.21. The Kier molecular flexibility index (Phi) is 5.42. The molecule has 1 amide bonds. The van der Waals surface area contributed by atoms with Crippen LogP contribution in [0.4, 0.5) is 5.69 Å². The van der Waals surface area contributed by atoms with E-state index in [1.165, 1.54) is 0 Å². The number of halogens is 1. The quantitative estimate of drug-likeness (QED) is 0.764. The molecule has 0 saturated carbocycles. The average molecular weight is 296 g/mol. The van der Waals surface area contributed by atoms with Gasteiger partial charge in [0.15, 0.2) is 0 Å². The van der Waals surface area contributed by atoms with Crippen molar-refractivity contribution in [2.24, 2.45) is 0 Å². The lowest BCUT2D eigenvalue weighted by atomic mass is 10.2. The van der Waals surface area contributed by atoms with Gasteiger partial charge in [-0.25, -0.2) is 0 Å². The van der Waals surface area contributed by atoms with Crippen LogP contribution in [0.3, 0.4) is 0 Å². The van der Waals surface area contributed by atoms with Crippen molar-refractivity contribution < 1.29 is 4.79 Å². The minimum absolute atomic E-state index is 0.0502. The summed E-state index contributed by atoms with van der Waals surface area (Å²) in [5.74, 6) is 0.0502. The van der Waals surface area contributed by atoms with Gasteiger partial charge >= 0.3 is 0 Å². The van der Waals surface area contributed by atoms with Crippen LogP contribution >= 0.6 is 15.9 Å². The maximum absolute atomic E-state index is 12.1. The van der Waals surface area contributed by atoms with Crippen LogP contribution in [0.15, 0.2) is 40.4 Å². The second-order valence-corrected chi connectivity index (χ2v) is 5.10. The first-order valence-electron chi connectivity index (χ1n) is 5.76. The van der Waals surface area contributed by atoms with Crippen LogP contribution in [0.25, 0.3) is 0 Å². The largest absolute Gasteiger partial charge is 0.309 e. The van der Waals surface area contributed by atoms with E-state index in [9.17, 15) is 4.79 Å². The number of anilines is 1. The Labute approximate surface area is 111 Å². The average Bonchev–Trinajstić information content (AvgIpc) is 2.26. The zero-order valence-electron chi connectivity index (χ0n) is 10.5. The van der Waals surface area contributed by atoms with Gasteiger partial charge in [-0.2, -0.15) is 0 Å². The third kappa shape index (κ3) is 4.35. The van der Waals surface area contributed by atoms with E-state index in [0.717, 1.165) is 28.7 Å². The van der Waals surface area contributed by atoms with Gasteiger partial charge in [0.2, 0.25) is 0 Å². The number of benzene rings is 1. The predicted octanol–water partition coefficient (Wildman–Crippen LogP) is 4.16. The molecule has 0 aromatic heterocycles. The number of amides is 1. The Morgan fingerprint density at radius 2 is 1.88 bits per heavy atom. The summed E-state index contributed by atoms with van der Waals surface area (Å²) in [6, 6.07) is 7.81. The summed E-state index contributed by atoms with van der Waals surface area (Å²) in [5, 5.41) is 0. The molecule has 2 nitrogen and oxygen atoms in total. The maximum Gasteiger partial charge on any atom is 0.250 e. The van der Waals surface area contributed by atoms with Gasteiger partial charge in [-0.15, -0.1) is 0 Å². The molecule has 1 aromatic carbocycles.